The number of methoxy groups -OCH3 is 2. The number of Topliss-reactive ketones (excluding diaryl/α,β-unsaturated/α-hetero) is 1. The summed E-state index contributed by atoms with van der Waals surface area (Å²) >= 11 is 0. The summed E-state index contributed by atoms with van der Waals surface area (Å²) in [5.41, 5.74) is 1.94. The van der Waals surface area contributed by atoms with Gasteiger partial charge in [0.25, 0.3) is 0 Å². The van der Waals surface area contributed by atoms with Crippen LogP contribution in [0.3, 0.4) is 0 Å². The third kappa shape index (κ3) is 4.67. The number of amides is 1. The van der Waals surface area contributed by atoms with Crippen LogP contribution in [-0.4, -0.2) is 31.9 Å². The van der Waals surface area contributed by atoms with Crippen LogP contribution in [0.15, 0.2) is 42.5 Å². The SMILES string of the molecule is COC(=O)c1cccc(NC(=O)Cc2cc(C(C)=O)ccc2OC)c1. The van der Waals surface area contributed by atoms with Crippen molar-refractivity contribution in [1.82, 2.24) is 0 Å². The molecule has 6 heteroatoms. The van der Waals surface area contributed by atoms with E-state index in [-0.39, 0.29) is 18.1 Å². The van der Waals surface area contributed by atoms with Crippen LogP contribution in [-0.2, 0) is 16.0 Å². The van der Waals surface area contributed by atoms with E-state index in [0.29, 0.717) is 28.1 Å². The third-order valence-electron chi connectivity index (χ3n) is 3.61. The van der Waals surface area contributed by atoms with Gasteiger partial charge in [0.1, 0.15) is 5.75 Å². The highest BCUT2D eigenvalue weighted by atomic mass is 16.5. The first-order valence-corrected chi connectivity index (χ1v) is 7.60. The highest BCUT2D eigenvalue weighted by molar-refractivity contribution is 5.97. The Morgan fingerprint density at radius 2 is 1.76 bits per heavy atom. The van der Waals surface area contributed by atoms with Gasteiger partial charge < -0.3 is 14.8 Å². The molecule has 0 heterocycles. The molecule has 1 amide bonds. The Labute approximate surface area is 145 Å². The molecule has 0 radical (unpaired) electrons. The molecule has 1 N–H and O–H groups in total. The van der Waals surface area contributed by atoms with Gasteiger partial charge in [0.05, 0.1) is 26.2 Å². The Balaban J connectivity index is 2.16. The Morgan fingerprint density at radius 1 is 1.00 bits per heavy atom. The Morgan fingerprint density at radius 3 is 2.40 bits per heavy atom. The van der Waals surface area contributed by atoms with Crippen LogP contribution in [0.4, 0.5) is 5.69 Å². The maximum Gasteiger partial charge on any atom is 0.337 e. The smallest absolute Gasteiger partial charge is 0.337 e. The van der Waals surface area contributed by atoms with Crippen LogP contribution in [0.1, 0.15) is 33.2 Å². The second kappa shape index (κ2) is 8.10. The second-order valence-electron chi connectivity index (χ2n) is 5.38. The van der Waals surface area contributed by atoms with E-state index < -0.39 is 5.97 Å². The number of hydrogen-bond donors (Lipinski definition) is 1. The largest absolute Gasteiger partial charge is 0.496 e. The molecular formula is C19H19NO5. The van der Waals surface area contributed by atoms with Gasteiger partial charge in [-0.2, -0.15) is 0 Å². The maximum absolute atomic E-state index is 12.3. The van der Waals surface area contributed by atoms with E-state index in [2.05, 4.69) is 10.1 Å². The minimum atomic E-state index is -0.480. The lowest BCUT2D eigenvalue weighted by Gasteiger charge is -2.11. The van der Waals surface area contributed by atoms with Crippen molar-refractivity contribution in [3.8, 4) is 5.75 Å². The van der Waals surface area contributed by atoms with Crippen molar-refractivity contribution in [2.45, 2.75) is 13.3 Å². The van der Waals surface area contributed by atoms with Gasteiger partial charge in [-0.3, -0.25) is 9.59 Å². The molecule has 0 aliphatic heterocycles. The summed E-state index contributed by atoms with van der Waals surface area (Å²) in [6.45, 7) is 1.46. The van der Waals surface area contributed by atoms with Gasteiger partial charge in [0, 0.05) is 16.8 Å². The van der Waals surface area contributed by atoms with E-state index in [1.807, 2.05) is 0 Å². The van der Waals surface area contributed by atoms with Crippen LogP contribution in [0, 0.1) is 0 Å². The minimum Gasteiger partial charge on any atom is -0.496 e. The van der Waals surface area contributed by atoms with Crippen molar-refractivity contribution in [3.63, 3.8) is 0 Å². The van der Waals surface area contributed by atoms with E-state index in [1.54, 1.807) is 36.4 Å². The average molecular weight is 341 g/mol. The number of benzene rings is 2. The molecular weight excluding hydrogens is 322 g/mol. The predicted octanol–water partition coefficient (Wildman–Crippen LogP) is 2.87. The predicted molar refractivity (Wildman–Crippen MR) is 93.1 cm³/mol. The summed E-state index contributed by atoms with van der Waals surface area (Å²) in [6.07, 6.45) is 0.0345. The zero-order valence-electron chi connectivity index (χ0n) is 14.3. The van der Waals surface area contributed by atoms with Crippen LogP contribution in [0.25, 0.3) is 0 Å². The topological polar surface area (TPSA) is 81.7 Å². The molecule has 0 aliphatic rings. The average Bonchev–Trinajstić information content (AvgIpc) is 2.61. The molecule has 0 bridgehead atoms. The van der Waals surface area contributed by atoms with E-state index >= 15 is 0 Å². The standard InChI is InChI=1S/C19H19NO5/c1-12(21)13-7-8-17(24-2)15(9-13)11-18(22)20-16-6-4-5-14(10-16)19(23)25-3/h4-10H,11H2,1-3H3,(H,20,22). The number of carbonyl (C=O) groups is 3. The van der Waals surface area contributed by atoms with Crippen molar-refractivity contribution in [2.24, 2.45) is 0 Å². The molecule has 0 saturated carbocycles. The normalized spacial score (nSPS) is 10.0. The maximum atomic E-state index is 12.3. The lowest BCUT2D eigenvalue weighted by atomic mass is 10.0. The highest BCUT2D eigenvalue weighted by Crippen LogP contribution is 2.21. The Hall–Kier alpha value is -3.15. The summed E-state index contributed by atoms with van der Waals surface area (Å²) in [7, 11) is 2.80. The first-order valence-electron chi connectivity index (χ1n) is 7.60. The summed E-state index contributed by atoms with van der Waals surface area (Å²) < 4.78 is 9.90. The summed E-state index contributed by atoms with van der Waals surface area (Å²) in [6, 6.07) is 11.4. The highest BCUT2D eigenvalue weighted by Gasteiger charge is 2.13. The van der Waals surface area contributed by atoms with Gasteiger partial charge >= 0.3 is 5.97 Å². The number of carbonyl (C=O) groups excluding carboxylic acids is 3. The van der Waals surface area contributed by atoms with Crippen molar-refractivity contribution < 1.29 is 23.9 Å². The number of ketones is 1. The van der Waals surface area contributed by atoms with Crippen molar-refractivity contribution in [3.05, 3.63) is 59.2 Å². The number of anilines is 1. The van der Waals surface area contributed by atoms with Gasteiger partial charge in [-0.1, -0.05) is 6.07 Å². The fourth-order valence-electron chi connectivity index (χ4n) is 2.36. The Kier molecular flexibility index (Phi) is 5.89. The molecule has 25 heavy (non-hydrogen) atoms. The van der Waals surface area contributed by atoms with Crippen molar-refractivity contribution >= 4 is 23.3 Å². The molecule has 2 rings (SSSR count). The molecule has 0 aliphatic carbocycles. The number of hydrogen-bond acceptors (Lipinski definition) is 5. The Bertz CT molecular complexity index is 813. The third-order valence-corrected chi connectivity index (χ3v) is 3.61. The van der Waals surface area contributed by atoms with Crippen LogP contribution in [0.5, 0.6) is 5.75 Å². The van der Waals surface area contributed by atoms with Crippen molar-refractivity contribution in [1.29, 1.82) is 0 Å². The molecule has 130 valence electrons. The van der Waals surface area contributed by atoms with Gasteiger partial charge in [0.2, 0.25) is 5.91 Å². The molecule has 6 nitrogen and oxygen atoms in total. The first-order chi connectivity index (χ1) is 11.9. The second-order valence-corrected chi connectivity index (χ2v) is 5.38. The van der Waals surface area contributed by atoms with E-state index in [9.17, 15) is 14.4 Å². The summed E-state index contributed by atoms with van der Waals surface area (Å²) in [5.74, 6) is -0.327. The molecule has 0 spiro atoms. The van der Waals surface area contributed by atoms with Gasteiger partial charge in [-0.25, -0.2) is 4.79 Å². The quantitative estimate of drug-likeness (QED) is 0.645. The van der Waals surface area contributed by atoms with Gasteiger partial charge in [0.15, 0.2) is 5.78 Å². The molecule has 0 unspecified atom stereocenters. The molecule has 2 aromatic rings. The van der Waals surface area contributed by atoms with E-state index in [0.717, 1.165) is 0 Å². The number of ether oxygens (including phenoxy) is 2. The van der Waals surface area contributed by atoms with Crippen LogP contribution >= 0.6 is 0 Å². The summed E-state index contributed by atoms with van der Waals surface area (Å²) in [4.78, 5) is 35.4. The van der Waals surface area contributed by atoms with Crippen LogP contribution in [0.2, 0.25) is 0 Å². The molecule has 0 saturated heterocycles. The van der Waals surface area contributed by atoms with E-state index in [1.165, 1.54) is 27.2 Å². The van der Waals surface area contributed by atoms with Gasteiger partial charge in [-0.05, 0) is 43.3 Å². The monoisotopic (exact) mass is 341 g/mol. The van der Waals surface area contributed by atoms with Crippen molar-refractivity contribution in [2.75, 3.05) is 19.5 Å². The number of rotatable bonds is 6. The molecule has 0 fully saturated rings. The van der Waals surface area contributed by atoms with Crippen LogP contribution < -0.4 is 10.1 Å². The lowest BCUT2D eigenvalue weighted by molar-refractivity contribution is -0.115. The first kappa shape index (κ1) is 18.2. The fourth-order valence-corrected chi connectivity index (χ4v) is 2.36. The molecule has 2 aromatic carbocycles. The molecule has 0 aromatic heterocycles. The minimum absolute atomic E-state index is 0.0345. The number of esters is 1. The van der Waals surface area contributed by atoms with E-state index in [4.69, 9.17) is 4.74 Å². The lowest BCUT2D eigenvalue weighted by Crippen LogP contribution is -2.15. The molecule has 0 atom stereocenters. The zero-order valence-corrected chi connectivity index (χ0v) is 14.3. The van der Waals surface area contributed by atoms with Gasteiger partial charge in [-0.15, -0.1) is 0 Å². The fraction of sp³-hybridized carbons (Fsp3) is 0.211. The number of nitrogens with one attached hydrogen (secondary N) is 1. The zero-order chi connectivity index (χ0) is 18.4. The summed E-state index contributed by atoms with van der Waals surface area (Å²) in [5, 5.41) is 2.72.